The summed E-state index contributed by atoms with van der Waals surface area (Å²) in [5, 5.41) is 0. The Balaban J connectivity index is 1.48. The Morgan fingerprint density at radius 3 is 2.35 bits per heavy atom. The Hall–Kier alpha value is -3.27. The molecule has 1 atom stereocenters. The monoisotopic (exact) mass is 414 g/mol. The van der Waals surface area contributed by atoms with Gasteiger partial charge in [-0.15, -0.1) is 0 Å². The summed E-state index contributed by atoms with van der Waals surface area (Å²) in [7, 11) is 0. The summed E-state index contributed by atoms with van der Waals surface area (Å²) >= 11 is 0. The van der Waals surface area contributed by atoms with Crippen LogP contribution in [-0.4, -0.2) is 16.2 Å². The number of imidazole rings is 1. The zero-order chi connectivity index (χ0) is 21.6. The van der Waals surface area contributed by atoms with Gasteiger partial charge in [-0.3, -0.25) is 0 Å². The molecule has 0 spiro atoms. The van der Waals surface area contributed by atoms with Crippen molar-refractivity contribution in [1.82, 2.24) is 9.55 Å². The van der Waals surface area contributed by atoms with Gasteiger partial charge in [-0.1, -0.05) is 62.4 Å². The number of nitrogens with zero attached hydrogens (tertiary/aromatic N) is 2. The van der Waals surface area contributed by atoms with E-state index in [1.807, 2.05) is 42.5 Å². The normalized spacial score (nSPS) is 12.3. The fourth-order valence-corrected chi connectivity index (χ4v) is 3.89. The second-order valence-corrected chi connectivity index (χ2v) is 8.08. The molecule has 0 saturated heterocycles. The van der Waals surface area contributed by atoms with Crippen molar-refractivity contribution in [3.05, 3.63) is 90.3 Å². The molecule has 0 amide bonds. The number of hydrogen-bond donors (Lipinski definition) is 0. The van der Waals surface area contributed by atoms with Crippen LogP contribution in [0.5, 0.6) is 11.5 Å². The summed E-state index contributed by atoms with van der Waals surface area (Å²) in [5.74, 6) is 3.21. The molecule has 4 rings (SSSR count). The number of para-hydroxylation sites is 4. The molecule has 0 saturated carbocycles. The molecule has 4 heteroatoms. The first-order valence-corrected chi connectivity index (χ1v) is 11.0. The zero-order valence-electron chi connectivity index (χ0n) is 18.5. The van der Waals surface area contributed by atoms with Gasteiger partial charge in [0.05, 0.1) is 17.6 Å². The van der Waals surface area contributed by atoms with E-state index in [0.29, 0.717) is 12.5 Å². The Labute approximate surface area is 184 Å². The smallest absolute Gasteiger partial charge is 0.153 e. The number of ether oxygens (including phenoxy) is 2. The van der Waals surface area contributed by atoms with Gasteiger partial charge in [0.1, 0.15) is 11.5 Å². The molecule has 1 aromatic heterocycles. The minimum Gasteiger partial charge on any atom is -0.493 e. The SMILES string of the molecule is CC(C)c1ccccc1OCCCn1c(C(C)Oc2ccccc2)nc2ccccc21. The minimum absolute atomic E-state index is 0.155. The van der Waals surface area contributed by atoms with Crippen molar-refractivity contribution in [1.29, 1.82) is 0 Å². The average molecular weight is 415 g/mol. The van der Waals surface area contributed by atoms with Crippen molar-refractivity contribution < 1.29 is 9.47 Å². The fraction of sp³-hybridized carbons (Fsp3) is 0.296. The van der Waals surface area contributed by atoms with E-state index >= 15 is 0 Å². The number of rotatable bonds is 9. The molecule has 160 valence electrons. The third-order valence-corrected chi connectivity index (χ3v) is 5.43. The van der Waals surface area contributed by atoms with Gasteiger partial charge in [0.25, 0.3) is 0 Å². The molecule has 1 heterocycles. The quantitative estimate of drug-likeness (QED) is 0.284. The topological polar surface area (TPSA) is 36.3 Å². The molecule has 0 aliphatic rings. The molecule has 31 heavy (non-hydrogen) atoms. The van der Waals surface area contributed by atoms with Crippen molar-refractivity contribution in [2.45, 2.75) is 45.8 Å². The number of aryl methyl sites for hydroxylation is 1. The second-order valence-electron chi connectivity index (χ2n) is 8.08. The van der Waals surface area contributed by atoms with Crippen molar-refractivity contribution in [2.75, 3.05) is 6.61 Å². The fourth-order valence-electron chi connectivity index (χ4n) is 3.89. The van der Waals surface area contributed by atoms with Crippen LogP contribution in [-0.2, 0) is 6.54 Å². The third-order valence-electron chi connectivity index (χ3n) is 5.43. The minimum atomic E-state index is -0.155. The van der Waals surface area contributed by atoms with Gasteiger partial charge in [0, 0.05) is 6.54 Å². The van der Waals surface area contributed by atoms with Gasteiger partial charge in [-0.05, 0) is 55.2 Å². The first-order valence-electron chi connectivity index (χ1n) is 11.0. The standard InChI is InChI=1S/C27H30N2O2/c1-20(2)23-14-7-10-17-26(23)30-19-11-18-29-25-16-9-8-15-24(25)28-27(29)21(3)31-22-12-5-4-6-13-22/h4-10,12-17,20-21H,11,18-19H2,1-3H3. The van der Waals surface area contributed by atoms with Crippen LogP contribution < -0.4 is 9.47 Å². The molecule has 0 bridgehead atoms. The number of aromatic nitrogens is 2. The predicted octanol–water partition coefficient (Wildman–Crippen LogP) is 6.77. The molecule has 4 aromatic rings. The first kappa shape index (κ1) is 21.0. The summed E-state index contributed by atoms with van der Waals surface area (Å²) in [6.07, 6.45) is 0.732. The van der Waals surface area contributed by atoms with E-state index in [0.717, 1.165) is 41.3 Å². The van der Waals surface area contributed by atoms with Gasteiger partial charge in [0.2, 0.25) is 0 Å². The highest BCUT2D eigenvalue weighted by atomic mass is 16.5. The van der Waals surface area contributed by atoms with E-state index in [9.17, 15) is 0 Å². The molecule has 0 fully saturated rings. The molecular formula is C27H30N2O2. The Morgan fingerprint density at radius 2 is 1.55 bits per heavy atom. The first-order chi connectivity index (χ1) is 15.1. The van der Waals surface area contributed by atoms with Crippen LogP contribution in [0, 0.1) is 0 Å². The highest BCUT2D eigenvalue weighted by Gasteiger charge is 2.18. The van der Waals surface area contributed by atoms with Crippen LogP contribution in [0.25, 0.3) is 11.0 Å². The van der Waals surface area contributed by atoms with E-state index in [1.165, 1.54) is 5.56 Å². The van der Waals surface area contributed by atoms with E-state index in [2.05, 4.69) is 61.7 Å². The molecule has 0 N–H and O–H groups in total. The average Bonchev–Trinajstić information content (AvgIpc) is 3.16. The third kappa shape index (κ3) is 4.91. The summed E-state index contributed by atoms with van der Waals surface area (Å²) < 4.78 is 14.6. The summed E-state index contributed by atoms with van der Waals surface area (Å²) in [6.45, 7) is 7.92. The number of hydrogen-bond acceptors (Lipinski definition) is 3. The van der Waals surface area contributed by atoms with Gasteiger partial charge < -0.3 is 14.0 Å². The van der Waals surface area contributed by atoms with Crippen molar-refractivity contribution in [3.8, 4) is 11.5 Å². The van der Waals surface area contributed by atoms with Crippen molar-refractivity contribution >= 4 is 11.0 Å². The molecule has 1 unspecified atom stereocenters. The zero-order valence-corrected chi connectivity index (χ0v) is 18.5. The maximum atomic E-state index is 6.17. The second kappa shape index (κ2) is 9.69. The van der Waals surface area contributed by atoms with Crippen LogP contribution in [0.15, 0.2) is 78.9 Å². The molecule has 0 aliphatic carbocycles. The lowest BCUT2D eigenvalue weighted by molar-refractivity contribution is 0.210. The van der Waals surface area contributed by atoms with Crippen LogP contribution in [0.2, 0.25) is 0 Å². The lowest BCUT2D eigenvalue weighted by Crippen LogP contribution is -2.13. The summed E-state index contributed by atoms with van der Waals surface area (Å²) in [6, 6.07) is 26.5. The van der Waals surface area contributed by atoms with E-state index in [4.69, 9.17) is 14.5 Å². The summed E-state index contributed by atoms with van der Waals surface area (Å²) in [4.78, 5) is 4.88. The van der Waals surface area contributed by atoms with Crippen LogP contribution in [0.3, 0.4) is 0 Å². The molecular weight excluding hydrogens is 384 g/mol. The van der Waals surface area contributed by atoms with E-state index < -0.39 is 0 Å². The number of fused-ring (bicyclic) bond motifs is 1. The Kier molecular flexibility index (Phi) is 6.56. The van der Waals surface area contributed by atoms with Crippen LogP contribution in [0.1, 0.15) is 50.6 Å². The van der Waals surface area contributed by atoms with Crippen molar-refractivity contribution in [3.63, 3.8) is 0 Å². The molecule has 0 aliphatic heterocycles. The van der Waals surface area contributed by atoms with Gasteiger partial charge in [0.15, 0.2) is 11.9 Å². The lowest BCUT2D eigenvalue weighted by Gasteiger charge is -2.17. The van der Waals surface area contributed by atoms with E-state index in [-0.39, 0.29) is 6.10 Å². The predicted molar refractivity (Wildman–Crippen MR) is 126 cm³/mol. The van der Waals surface area contributed by atoms with Gasteiger partial charge in [-0.2, -0.15) is 0 Å². The van der Waals surface area contributed by atoms with Gasteiger partial charge >= 0.3 is 0 Å². The lowest BCUT2D eigenvalue weighted by atomic mass is 10.0. The maximum Gasteiger partial charge on any atom is 0.153 e. The largest absolute Gasteiger partial charge is 0.493 e. The highest BCUT2D eigenvalue weighted by Crippen LogP contribution is 2.27. The highest BCUT2D eigenvalue weighted by molar-refractivity contribution is 5.76. The number of benzene rings is 3. The van der Waals surface area contributed by atoms with Crippen molar-refractivity contribution in [2.24, 2.45) is 0 Å². The van der Waals surface area contributed by atoms with Gasteiger partial charge in [-0.25, -0.2) is 4.98 Å². The molecule has 0 radical (unpaired) electrons. The van der Waals surface area contributed by atoms with E-state index in [1.54, 1.807) is 0 Å². The van der Waals surface area contributed by atoms with Crippen LogP contribution in [0.4, 0.5) is 0 Å². The Morgan fingerprint density at radius 1 is 0.839 bits per heavy atom. The molecule has 3 aromatic carbocycles. The molecule has 4 nitrogen and oxygen atoms in total. The summed E-state index contributed by atoms with van der Waals surface area (Å²) in [5.41, 5.74) is 3.37. The maximum absolute atomic E-state index is 6.17. The Bertz CT molecular complexity index is 1120. The van der Waals surface area contributed by atoms with Crippen LogP contribution >= 0.6 is 0 Å².